The largest absolute Gasteiger partial charge is 0.495 e. The van der Waals surface area contributed by atoms with Crippen LogP contribution in [0.4, 0.5) is 11.4 Å². The number of carbonyl (C=O) groups is 1. The molecule has 2 saturated heterocycles. The van der Waals surface area contributed by atoms with E-state index in [2.05, 4.69) is 20.9 Å². The van der Waals surface area contributed by atoms with E-state index < -0.39 is 0 Å². The summed E-state index contributed by atoms with van der Waals surface area (Å²) in [6.07, 6.45) is 1.72. The fourth-order valence-corrected chi connectivity index (χ4v) is 4.82. The maximum Gasteiger partial charge on any atom is 0.257 e. The summed E-state index contributed by atoms with van der Waals surface area (Å²) in [5, 5.41) is 1.54. The Bertz CT molecular complexity index is 1160. The summed E-state index contributed by atoms with van der Waals surface area (Å²) in [4.78, 5) is 24.6. The zero-order valence-corrected chi connectivity index (χ0v) is 19.4. The highest BCUT2D eigenvalue weighted by atomic mass is 35.5. The van der Waals surface area contributed by atoms with Gasteiger partial charge in [0.05, 0.1) is 42.8 Å². The molecule has 0 radical (unpaired) electrons. The number of para-hydroxylation sites is 2. The SMILES string of the molecule is COc1ccccc1N1CCN(c2c(C(=O)N3CCOCC3)cnc3ccc(Cl)cc23)CC1. The lowest BCUT2D eigenvalue weighted by molar-refractivity contribution is 0.0303. The number of ether oxygens (including phenoxy) is 2. The number of carbonyl (C=O) groups excluding carboxylic acids is 1. The first-order valence-corrected chi connectivity index (χ1v) is 11.6. The highest BCUT2D eigenvalue weighted by Gasteiger charge is 2.28. The second-order valence-electron chi connectivity index (χ2n) is 8.23. The van der Waals surface area contributed by atoms with E-state index in [4.69, 9.17) is 21.1 Å². The number of morpholine rings is 1. The third-order valence-electron chi connectivity index (χ3n) is 6.35. The summed E-state index contributed by atoms with van der Waals surface area (Å²) in [5.74, 6) is 0.866. The Balaban J connectivity index is 1.49. The van der Waals surface area contributed by atoms with E-state index >= 15 is 0 Å². The van der Waals surface area contributed by atoms with Crippen LogP contribution in [0.25, 0.3) is 10.9 Å². The molecule has 5 rings (SSSR count). The first kappa shape index (κ1) is 21.8. The monoisotopic (exact) mass is 466 g/mol. The van der Waals surface area contributed by atoms with Crippen molar-refractivity contribution in [1.29, 1.82) is 0 Å². The Labute approximate surface area is 198 Å². The fourth-order valence-electron chi connectivity index (χ4n) is 4.65. The Morgan fingerprint density at radius 3 is 2.48 bits per heavy atom. The lowest BCUT2D eigenvalue weighted by atomic mass is 10.1. The standard InChI is InChI=1S/C25H27ClN4O3/c1-32-23-5-3-2-4-22(23)28-8-10-29(11-9-28)24-19-16-18(26)6-7-21(19)27-17-20(24)25(31)30-12-14-33-15-13-30/h2-7,16-17H,8-15H2,1H3. The molecule has 0 N–H and O–H groups in total. The van der Waals surface area contributed by atoms with Gasteiger partial charge in [0.25, 0.3) is 5.91 Å². The lowest BCUT2D eigenvalue weighted by Gasteiger charge is -2.39. The third-order valence-corrected chi connectivity index (χ3v) is 6.59. The molecule has 2 aliphatic rings. The van der Waals surface area contributed by atoms with Crippen molar-refractivity contribution >= 4 is 39.8 Å². The maximum absolute atomic E-state index is 13.5. The summed E-state index contributed by atoms with van der Waals surface area (Å²) in [7, 11) is 1.70. The maximum atomic E-state index is 13.5. The summed E-state index contributed by atoms with van der Waals surface area (Å²) >= 11 is 6.37. The number of rotatable bonds is 4. The van der Waals surface area contributed by atoms with Crippen LogP contribution in [0.1, 0.15) is 10.4 Å². The van der Waals surface area contributed by atoms with E-state index in [1.165, 1.54) is 0 Å². The van der Waals surface area contributed by atoms with Crippen LogP contribution < -0.4 is 14.5 Å². The number of amides is 1. The predicted octanol–water partition coefficient (Wildman–Crippen LogP) is 3.70. The lowest BCUT2D eigenvalue weighted by Crippen LogP contribution is -2.48. The number of anilines is 2. The van der Waals surface area contributed by atoms with E-state index in [1.54, 1.807) is 13.3 Å². The number of nitrogens with zero attached hydrogens (tertiary/aromatic N) is 4. The first-order valence-electron chi connectivity index (χ1n) is 11.2. The van der Waals surface area contributed by atoms with Gasteiger partial charge >= 0.3 is 0 Å². The van der Waals surface area contributed by atoms with Gasteiger partial charge in [-0.05, 0) is 30.3 Å². The minimum absolute atomic E-state index is 0.00478. The van der Waals surface area contributed by atoms with Crippen molar-refractivity contribution < 1.29 is 14.3 Å². The van der Waals surface area contributed by atoms with E-state index in [0.717, 1.165) is 54.2 Å². The molecule has 172 valence electrons. The van der Waals surface area contributed by atoms with E-state index in [9.17, 15) is 4.79 Å². The van der Waals surface area contributed by atoms with Gasteiger partial charge in [-0.3, -0.25) is 9.78 Å². The Hall–Kier alpha value is -3.03. The zero-order valence-electron chi connectivity index (χ0n) is 18.7. The van der Waals surface area contributed by atoms with Crippen molar-refractivity contribution in [1.82, 2.24) is 9.88 Å². The van der Waals surface area contributed by atoms with Gasteiger partial charge in [-0.15, -0.1) is 0 Å². The van der Waals surface area contributed by atoms with Gasteiger partial charge in [0, 0.05) is 55.9 Å². The van der Waals surface area contributed by atoms with Crippen LogP contribution in [0, 0.1) is 0 Å². The molecule has 7 nitrogen and oxygen atoms in total. The van der Waals surface area contributed by atoms with Crippen LogP contribution in [0.5, 0.6) is 5.75 Å². The summed E-state index contributed by atoms with van der Waals surface area (Å²) in [6, 6.07) is 13.8. The smallest absolute Gasteiger partial charge is 0.257 e. The van der Waals surface area contributed by atoms with E-state index in [1.807, 2.05) is 41.3 Å². The molecule has 0 atom stereocenters. The van der Waals surface area contributed by atoms with E-state index in [0.29, 0.717) is 36.9 Å². The quantitative estimate of drug-likeness (QED) is 0.584. The van der Waals surface area contributed by atoms with Gasteiger partial charge in [-0.25, -0.2) is 0 Å². The second-order valence-corrected chi connectivity index (χ2v) is 8.67. The Morgan fingerprint density at radius 2 is 1.73 bits per heavy atom. The second kappa shape index (κ2) is 9.45. The van der Waals surface area contributed by atoms with Crippen LogP contribution in [0.15, 0.2) is 48.7 Å². The molecular formula is C25H27ClN4O3. The molecule has 3 heterocycles. The van der Waals surface area contributed by atoms with Crippen molar-refractivity contribution in [3.8, 4) is 5.75 Å². The van der Waals surface area contributed by atoms with Gasteiger partial charge in [0.1, 0.15) is 5.75 Å². The van der Waals surface area contributed by atoms with Gasteiger partial charge in [0.2, 0.25) is 0 Å². The molecule has 33 heavy (non-hydrogen) atoms. The highest BCUT2D eigenvalue weighted by Crippen LogP contribution is 2.35. The molecule has 3 aromatic rings. The molecule has 0 spiro atoms. The molecule has 0 unspecified atom stereocenters. The highest BCUT2D eigenvalue weighted by molar-refractivity contribution is 6.31. The van der Waals surface area contributed by atoms with Crippen molar-refractivity contribution in [2.24, 2.45) is 0 Å². The predicted molar refractivity (Wildman–Crippen MR) is 131 cm³/mol. The van der Waals surface area contributed by atoms with Crippen LogP contribution in [-0.2, 0) is 4.74 Å². The van der Waals surface area contributed by atoms with Gasteiger partial charge in [-0.2, -0.15) is 0 Å². The minimum Gasteiger partial charge on any atom is -0.495 e. The average Bonchev–Trinajstić information content (AvgIpc) is 2.88. The number of methoxy groups -OCH3 is 1. The van der Waals surface area contributed by atoms with Gasteiger partial charge in [-0.1, -0.05) is 23.7 Å². The number of benzene rings is 2. The molecule has 0 saturated carbocycles. The number of halogens is 1. The molecule has 2 fully saturated rings. The number of hydrogen-bond acceptors (Lipinski definition) is 6. The summed E-state index contributed by atoms with van der Waals surface area (Å²) < 4.78 is 11.0. The minimum atomic E-state index is -0.00478. The molecule has 1 aromatic heterocycles. The van der Waals surface area contributed by atoms with Gasteiger partial charge in [0.15, 0.2) is 0 Å². The molecule has 2 aromatic carbocycles. The number of fused-ring (bicyclic) bond motifs is 1. The summed E-state index contributed by atoms with van der Waals surface area (Å²) in [5.41, 5.74) is 3.46. The number of pyridine rings is 1. The van der Waals surface area contributed by atoms with E-state index in [-0.39, 0.29) is 5.91 Å². The topological polar surface area (TPSA) is 58.1 Å². The Morgan fingerprint density at radius 1 is 1.00 bits per heavy atom. The average molecular weight is 467 g/mol. The van der Waals surface area contributed by atoms with Crippen molar-refractivity contribution in [2.45, 2.75) is 0 Å². The molecule has 0 aliphatic carbocycles. The Kier molecular flexibility index (Phi) is 6.24. The molecule has 8 heteroatoms. The van der Waals surface area contributed by atoms with Crippen LogP contribution in [-0.4, -0.2) is 75.4 Å². The fraction of sp³-hybridized carbons (Fsp3) is 0.360. The molecule has 2 aliphatic heterocycles. The third kappa shape index (κ3) is 4.30. The summed E-state index contributed by atoms with van der Waals surface area (Å²) in [6.45, 7) is 5.48. The number of aromatic nitrogens is 1. The van der Waals surface area contributed by atoms with Crippen LogP contribution in [0.2, 0.25) is 5.02 Å². The molecule has 1 amide bonds. The van der Waals surface area contributed by atoms with Crippen LogP contribution >= 0.6 is 11.6 Å². The first-order chi connectivity index (χ1) is 16.2. The molecule has 0 bridgehead atoms. The van der Waals surface area contributed by atoms with Crippen molar-refractivity contribution in [3.63, 3.8) is 0 Å². The van der Waals surface area contributed by atoms with Gasteiger partial charge < -0.3 is 24.2 Å². The van der Waals surface area contributed by atoms with Crippen LogP contribution in [0.3, 0.4) is 0 Å². The number of hydrogen-bond donors (Lipinski definition) is 0. The van der Waals surface area contributed by atoms with Crippen molar-refractivity contribution in [2.75, 3.05) is 69.4 Å². The molecular weight excluding hydrogens is 440 g/mol. The normalized spacial score (nSPS) is 16.8. The van der Waals surface area contributed by atoms with Crippen molar-refractivity contribution in [3.05, 3.63) is 59.2 Å². The zero-order chi connectivity index (χ0) is 22.8. The number of piperazine rings is 1.